The van der Waals surface area contributed by atoms with Crippen LogP contribution in [-0.4, -0.2) is 0 Å². The van der Waals surface area contributed by atoms with E-state index in [0.717, 1.165) is 0 Å². The Kier molecular flexibility index (Phi) is 6.66. The highest BCUT2D eigenvalue weighted by Gasteiger charge is 2.39. The second-order valence-electron chi connectivity index (χ2n) is 15.9. The molecule has 0 bridgehead atoms. The molecule has 0 N–H and O–H groups in total. The van der Waals surface area contributed by atoms with E-state index in [1.807, 2.05) is 11.3 Å². The summed E-state index contributed by atoms with van der Waals surface area (Å²) in [5.41, 5.74) is 13.1. The first-order valence-corrected chi connectivity index (χ1v) is 20.4. The predicted octanol–water partition coefficient (Wildman–Crippen LogP) is 16.0. The fourth-order valence-electron chi connectivity index (χ4n) is 10.3. The summed E-state index contributed by atoms with van der Waals surface area (Å²) in [6.07, 6.45) is 0. The Labute approximate surface area is 329 Å². The summed E-state index contributed by atoms with van der Waals surface area (Å²) in [7, 11) is 0. The van der Waals surface area contributed by atoms with Crippen molar-refractivity contribution in [3.63, 3.8) is 0 Å². The van der Waals surface area contributed by atoms with Crippen LogP contribution >= 0.6 is 11.3 Å². The van der Waals surface area contributed by atoms with E-state index in [0.29, 0.717) is 0 Å². The van der Waals surface area contributed by atoms with Crippen LogP contribution in [0, 0.1) is 0 Å². The molecule has 0 nitrogen and oxygen atoms in total. The van der Waals surface area contributed by atoms with Crippen molar-refractivity contribution in [1.29, 1.82) is 0 Å². The Morgan fingerprint density at radius 1 is 0.321 bits per heavy atom. The van der Waals surface area contributed by atoms with Crippen LogP contribution in [0.1, 0.15) is 25.0 Å². The number of thiophene rings is 1. The fourth-order valence-corrected chi connectivity index (χ4v) is 11.5. The minimum Gasteiger partial charge on any atom is -0.135 e. The van der Waals surface area contributed by atoms with E-state index < -0.39 is 0 Å². The third kappa shape index (κ3) is 4.29. The molecule has 11 aromatic rings. The van der Waals surface area contributed by atoms with Gasteiger partial charge >= 0.3 is 0 Å². The zero-order valence-electron chi connectivity index (χ0n) is 31.2. The maximum Gasteiger partial charge on any atom is 0.0434 e. The molecule has 1 aliphatic carbocycles. The van der Waals surface area contributed by atoms with E-state index in [2.05, 4.69) is 196 Å². The van der Waals surface area contributed by atoms with Gasteiger partial charge in [0.15, 0.2) is 0 Å². The lowest BCUT2D eigenvalue weighted by molar-refractivity contribution is 0.666. The molecule has 0 atom stereocenters. The molecule has 1 aliphatic rings. The predicted molar refractivity (Wildman–Crippen MR) is 243 cm³/mol. The van der Waals surface area contributed by atoms with Crippen LogP contribution in [0.2, 0.25) is 0 Å². The van der Waals surface area contributed by atoms with Gasteiger partial charge in [0.25, 0.3) is 0 Å². The molecule has 0 saturated carbocycles. The molecule has 12 rings (SSSR count). The van der Waals surface area contributed by atoms with Gasteiger partial charge in [-0.1, -0.05) is 190 Å². The smallest absolute Gasteiger partial charge is 0.0434 e. The molecule has 0 saturated heterocycles. The van der Waals surface area contributed by atoms with Crippen molar-refractivity contribution in [2.75, 3.05) is 0 Å². The number of hydrogen-bond donors (Lipinski definition) is 0. The molecule has 0 spiro atoms. The lowest BCUT2D eigenvalue weighted by atomic mass is 9.79. The minimum atomic E-state index is -0.135. The number of hydrogen-bond acceptors (Lipinski definition) is 1. The highest BCUT2D eigenvalue weighted by Crippen LogP contribution is 2.57. The van der Waals surface area contributed by atoms with Crippen molar-refractivity contribution >= 4 is 74.6 Å². The van der Waals surface area contributed by atoms with E-state index in [-0.39, 0.29) is 5.41 Å². The average molecular weight is 729 g/mol. The second-order valence-corrected chi connectivity index (χ2v) is 16.9. The highest BCUT2D eigenvalue weighted by molar-refractivity contribution is 7.26. The van der Waals surface area contributed by atoms with E-state index in [1.54, 1.807) is 0 Å². The standard InChI is InChI=1S/C55H36S/c1-55(2)47-27-14-24-35(51(47)52-39-18-5-3-15-36(39)37-16-4-10-23-44(37)53(52)55)33-29-31-34(32-30-33)49-40-19-6-8-21-42(40)50(43-22-9-7-20-41(43)49)46-26-13-25-45-38-17-11-12-28-48(38)56-54(45)46/h3-32H,1-2H3. The summed E-state index contributed by atoms with van der Waals surface area (Å²) in [6.45, 7) is 4.82. The molecule has 1 aromatic heterocycles. The van der Waals surface area contributed by atoms with Crippen LogP contribution in [0.15, 0.2) is 182 Å². The molecule has 56 heavy (non-hydrogen) atoms. The second kappa shape index (κ2) is 11.7. The lowest BCUT2D eigenvalue weighted by Gasteiger charge is -2.24. The molecular weight excluding hydrogens is 693 g/mol. The Balaban J connectivity index is 1.07. The zero-order valence-corrected chi connectivity index (χ0v) is 32.0. The van der Waals surface area contributed by atoms with Crippen LogP contribution in [0.5, 0.6) is 0 Å². The minimum absolute atomic E-state index is 0.135. The van der Waals surface area contributed by atoms with Gasteiger partial charge in [-0.3, -0.25) is 0 Å². The van der Waals surface area contributed by atoms with Crippen molar-refractivity contribution < 1.29 is 0 Å². The molecule has 1 heterocycles. The molecule has 0 radical (unpaired) electrons. The summed E-state index contributed by atoms with van der Waals surface area (Å²) >= 11 is 1.91. The number of benzene rings is 10. The van der Waals surface area contributed by atoms with Crippen LogP contribution < -0.4 is 0 Å². The maximum atomic E-state index is 2.41. The van der Waals surface area contributed by atoms with Crippen LogP contribution in [0.25, 0.3) is 108 Å². The SMILES string of the molecule is CC1(C)c2cccc(-c3ccc(-c4c5ccccc5c(-c5cccc6c5sc5ccccc56)c5ccccc45)cc3)c2-c2c1c1ccccc1c1ccccc21. The normalized spacial score (nSPS) is 13.3. The van der Waals surface area contributed by atoms with Gasteiger partial charge in [-0.25, -0.2) is 0 Å². The third-order valence-corrected chi connectivity index (χ3v) is 13.9. The summed E-state index contributed by atoms with van der Waals surface area (Å²) in [6, 6.07) is 68.1. The van der Waals surface area contributed by atoms with Gasteiger partial charge in [-0.15, -0.1) is 11.3 Å². The quantitative estimate of drug-likeness (QED) is 0.126. The van der Waals surface area contributed by atoms with Gasteiger partial charge in [-0.2, -0.15) is 0 Å². The van der Waals surface area contributed by atoms with Gasteiger partial charge in [0.05, 0.1) is 0 Å². The number of rotatable bonds is 3. The van der Waals surface area contributed by atoms with Crippen molar-refractivity contribution in [3.05, 3.63) is 193 Å². The first-order chi connectivity index (χ1) is 27.6. The topological polar surface area (TPSA) is 0 Å². The van der Waals surface area contributed by atoms with Gasteiger partial charge in [-0.05, 0) is 99.2 Å². The molecule has 0 fully saturated rings. The van der Waals surface area contributed by atoms with Crippen molar-refractivity contribution in [3.8, 4) is 44.5 Å². The molecule has 262 valence electrons. The van der Waals surface area contributed by atoms with Crippen molar-refractivity contribution in [1.82, 2.24) is 0 Å². The van der Waals surface area contributed by atoms with Crippen LogP contribution in [0.4, 0.5) is 0 Å². The number of fused-ring (bicyclic) bond motifs is 13. The van der Waals surface area contributed by atoms with Crippen molar-refractivity contribution in [2.45, 2.75) is 19.3 Å². The molecule has 0 aliphatic heterocycles. The van der Waals surface area contributed by atoms with E-state index in [1.165, 1.54) is 119 Å². The summed E-state index contributed by atoms with van der Waals surface area (Å²) < 4.78 is 2.68. The summed E-state index contributed by atoms with van der Waals surface area (Å²) in [5, 5.41) is 13.1. The van der Waals surface area contributed by atoms with E-state index in [4.69, 9.17) is 0 Å². The maximum absolute atomic E-state index is 2.41. The van der Waals surface area contributed by atoms with Crippen LogP contribution in [-0.2, 0) is 5.41 Å². The van der Waals surface area contributed by atoms with E-state index in [9.17, 15) is 0 Å². The average Bonchev–Trinajstić information content (AvgIpc) is 3.75. The van der Waals surface area contributed by atoms with E-state index >= 15 is 0 Å². The molecular formula is C55H36S. The first kappa shape index (κ1) is 31.8. The highest BCUT2D eigenvalue weighted by atomic mass is 32.1. The molecule has 0 unspecified atom stereocenters. The Hall–Kier alpha value is -6.54. The monoisotopic (exact) mass is 728 g/mol. The molecule has 0 amide bonds. The Morgan fingerprint density at radius 3 is 1.45 bits per heavy atom. The Morgan fingerprint density at radius 2 is 0.786 bits per heavy atom. The summed E-state index contributed by atoms with van der Waals surface area (Å²) in [4.78, 5) is 0. The largest absolute Gasteiger partial charge is 0.135 e. The summed E-state index contributed by atoms with van der Waals surface area (Å²) in [5.74, 6) is 0. The van der Waals surface area contributed by atoms with Crippen LogP contribution in [0.3, 0.4) is 0 Å². The molecule has 10 aromatic carbocycles. The molecule has 1 heteroatoms. The van der Waals surface area contributed by atoms with Gasteiger partial charge in [0.1, 0.15) is 0 Å². The Bertz CT molecular complexity index is 3370. The first-order valence-electron chi connectivity index (χ1n) is 19.6. The zero-order chi connectivity index (χ0) is 37.1. The van der Waals surface area contributed by atoms with Gasteiger partial charge in [0, 0.05) is 31.2 Å². The third-order valence-electron chi connectivity index (χ3n) is 12.6. The fraction of sp³-hybridized carbons (Fsp3) is 0.0545. The van der Waals surface area contributed by atoms with Crippen molar-refractivity contribution in [2.24, 2.45) is 0 Å². The lowest BCUT2D eigenvalue weighted by Crippen LogP contribution is -2.15. The van der Waals surface area contributed by atoms with Gasteiger partial charge in [0.2, 0.25) is 0 Å². The van der Waals surface area contributed by atoms with Gasteiger partial charge < -0.3 is 0 Å².